The first-order valence-corrected chi connectivity index (χ1v) is 7.52. The lowest BCUT2D eigenvalue weighted by atomic mass is 10.3. The Morgan fingerprint density at radius 2 is 2.21 bits per heavy atom. The predicted molar refractivity (Wildman–Crippen MR) is 80.7 cm³/mol. The van der Waals surface area contributed by atoms with Crippen LogP contribution in [0.15, 0.2) is 16.7 Å². The molecule has 0 N–H and O–H groups in total. The normalized spacial score (nSPS) is 14.8. The number of rotatable bonds is 5. The summed E-state index contributed by atoms with van der Waals surface area (Å²) in [5.74, 6) is 0.828. The van der Waals surface area contributed by atoms with Gasteiger partial charge >= 0.3 is 0 Å². The average Bonchev–Trinajstić information content (AvgIpc) is 2.74. The molecular formula is C13H17BrClN3O. The molecule has 2 rings (SSSR count). The minimum absolute atomic E-state index is 0.148. The number of hydrogen-bond acceptors (Lipinski definition) is 3. The second kappa shape index (κ2) is 6.20. The Morgan fingerprint density at radius 3 is 2.84 bits per heavy atom. The van der Waals surface area contributed by atoms with Gasteiger partial charge in [-0.3, -0.25) is 0 Å². The Balaban J connectivity index is 2.51. The maximum absolute atomic E-state index is 6.23. The van der Waals surface area contributed by atoms with Gasteiger partial charge in [-0.05, 0) is 42.8 Å². The lowest BCUT2D eigenvalue weighted by Crippen LogP contribution is -2.15. The summed E-state index contributed by atoms with van der Waals surface area (Å²) in [6.07, 6.45) is 1.77. The molecule has 0 saturated heterocycles. The summed E-state index contributed by atoms with van der Waals surface area (Å²) in [6, 6.07) is 2.10. The van der Waals surface area contributed by atoms with Crippen LogP contribution in [0.4, 0.5) is 0 Å². The number of alkyl halides is 1. The zero-order valence-corrected chi connectivity index (χ0v) is 13.6. The number of imidazole rings is 1. The molecule has 6 heteroatoms. The predicted octanol–water partition coefficient (Wildman–Crippen LogP) is 4.09. The molecule has 0 aliphatic heterocycles. The van der Waals surface area contributed by atoms with E-state index in [9.17, 15) is 0 Å². The van der Waals surface area contributed by atoms with Crippen LogP contribution in [0.3, 0.4) is 0 Å². The minimum atomic E-state index is -0.169. The second-order valence-electron chi connectivity index (χ2n) is 4.46. The van der Waals surface area contributed by atoms with Crippen molar-refractivity contribution in [1.29, 1.82) is 0 Å². The number of pyridine rings is 1. The van der Waals surface area contributed by atoms with Crippen molar-refractivity contribution in [2.45, 2.75) is 32.2 Å². The van der Waals surface area contributed by atoms with E-state index < -0.39 is 0 Å². The van der Waals surface area contributed by atoms with Crippen LogP contribution in [0.2, 0.25) is 0 Å². The largest absolute Gasteiger partial charge is 0.380 e. The molecule has 0 aromatic carbocycles. The molecule has 2 aromatic rings. The van der Waals surface area contributed by atoms with Crippen molar-refractivity contribution in [3.05, 3.63) is 22.6 Å². The maximum atomic E-state index is 6.23. The average molecular weight is 347 g/mol. The van der Waals surface area contributed by atoms with E-state index in [4.69, 9.17) is 16.3 Å². The molecular weight excluding hydrogens is 330 g/mol. The van der Waals surface area contributed by atoms with E-state index in [0.29, 0.717) is 13.2 Å². The Morgan fingerprint density at radius 1 is 1.47 bits per heavy atom. The Kier molecular flexibility index (Phi) is 4.81. The van der Waals surface area contributed by atoms with Crippen molar-refractivity contribution in [2.75, 3.05) is 13.2 Å². The van der Waals surface area contributed by atoms with E-state index in [1.54, 1.807) is 6.20 Å². The highest BCUT2D eigenvalue weighted by Crippen LogP contribution is 2.28. The van der Waals surface area contributed by atoms with E-state index in [1.807, 2.05) is 19.9 Å². The Labute approximate surface area is 126 Å². The summed E-state index contributed by atoms with van der Waals surface area (Å²) in [4.78, 5) is 9.04. The maximum Gasteiger partial charge on any atom is 0.160 e. The molecule has 0 fully saturated rings. The first kappa shape index (κ1) is 14.8. The molecule has 0 radical (unpaired) electrons. The summed E-state index contributed by atoms with van der Waals surface area (Å²) in [6.45, 7) is 7.31. The SMILES string of the molecule is CCOCC(C)n1c(C(C)Cl)nc2cc(Br)cnc21. The number of fused-ring (bicyclic) bond motifs is 1. The van der Waals surface area contributed by atoms with Gasteiger partial charge in [-0.2, -0.15) is 0 Å². The molecule has 0 bridgehead atoms. The third kappa shape index (κ3) is 3.09. The number of halogens is 2. The van der Waals surface area contributed by atoms with Crippen LogP contribution in [0.1, 0.15) is 38.0 Å². The van der Waals surface area contributed by atoms with Gasteiger partial charge in [-0.25, -0.2) is 9.97 Å². The van der Waals surface area contributed by atoms with Gasteiger partial charge in [0.1, 0.15) is 11.3 Å². The number of nitrogens with zero attached hydrogens (tertiary/aromatic N) is 3. The second-order valence-corrected chi connectivity index (χ2v) is 6.03. The zero-order chi connectivity index (χ0) is 14.0. The van der Waals surface area contributed by atoms with Crippen LogP contribution in [0.5, 0.6) is 0 Å². The first-order valence-electron chi connectivity index (χ1n) is 6.29. The fraction of sp³-hybridized carbons (Fsp3) is 0.538. The van der Waals surface area contributed by atoms with Gasteiger partial charge in [0.05, 0.1) is 18.0 Å². The molecule has 2 atom stereocenters. The third-order valence-corrected chi connectivity index (χ3v) is 3.51. The fourth-order valence-corrected chi connectivity index (χ4v) is 2.53. The quantitative estimate of drug-likeness (QED) is 0.766. The van der Waals surface area contributed by atoms with Gasteiger partial charge in [-0.1, -0.05) is 0 Å². The van der Waals surface area contributed by atoms with Crippen LogP contribution in [-0.4, -0.2) is 27.7 Å². The third-order valence-electron chi connectivity index (χ3n) is 2.88. The zero-order valence-electron chi connectivity index (χ0n) is 11.2. The van der Waals surface area contributed by atoms with Gasteiger partial charge in [-0.15, -0.1) is 11.6 Å². The lowest BCUT2D eigenvalue weighted by Gasteiger charge is -2.17. The molecule has 0 aliphatic rings. The van der Waals surface area contributed by atoms with Gasteiger partial charge in [0.15, 0.2) is 5.65 Å². The molecule has 0 amide bonds. The molecule has 0 spiro atoms. The summed E-state index contributed by atoms with van der Waals surface area (Å²) in [5, 5.41) is -0.169. The van der Waals surface area contributed by atoms with Crippen molar-refractivity contribution in [3.63, 3.8) is 0 Å². The molecule has 4 nitrogen and oxygen atoms in total. The van der Waals surface area contributed by atoms with Crippen LogP contribution >= 0.6 is 27.5 Å². The fourth-order valence-electron chi connectivity index (χ4n) is 2.05. The summed E-state index contributed by atoms with van der Waals surface area (Å²) in [7, 11) is 0. The van der Waals surface area contributed by atoms with Gasteiger partial charge in [0.2, 0.25) is 0 Å². The summed E-state index contributed by atoms with van der Waals surface area (Å²) < 4.78 is 8.48. The smallest absolute Gasteiger partial charge is 0.160 e. The standard InChI is InChI=1S/C13H17BrClN3O/c1-4-19-7-8(2)18-12(9(3)15)17-11-5-10(14)6-16-13(11)18/h5-6,8-9H,4,7H2,1-3H3. The van der Waals surface area contributed by atoms with Crippen molar-refractivity contribution < 1.29 is 4.74 Å². The summed E-state index contributed by atoms with van der Waals surface area (Å²) >= 11 is 9.65. The van der Waals surface area contributed by atoms with E-state index in [-0.39, 0.29) is 11.4 Å². The highest BCUT2D eigenvalue weighted by Gasteiger charge is 2.20. The Hall–Kier alpha value is -0.650. The van der Waals surface area contributed by atoms with Crippen molar-refractivity contribution in [1.82, 2.24) is 14.5 Å². The first-order chi connectivity index (χ1) is 9.04. The van der Waals surface area contributed by atoms with E-state index in [0.717, 1.165) is 21.5 Å². The van der Waals surface area contributed by atoms with Crippen molar-refractivity contribution in [2.24, 2.45) is 0 Å². The number of hydrogen-bond donors (Lipinski definition) is 0. The number of ether oxygens (including phenoxy) is 1. The van der Waals surface area contributed by atoms with Gasteiger partial charge in [0, 0.05) is 17.3 Å². The van der Waals surface area contributed by atoms with Crippen LogP contribution < -0.4 is 0 Å². The van der Waals surface area contributed by atoms with E-state index >= 15 is 0 Å². The van der Waals surface area contributed by atoms with E-state index in [2.05, 4.69) is 37.4 Å². The molecule has 2 unspecified atom stereocenters. The molecule has 2 aromatic heterocycles. The topological polar surface area (TPSA) is 39.9 Å². The molecule has 104 valence electrons. The highest BCUT2D eigenvalue weighted by atomic mass is 79.9. The van der Waals surface area contributed by atoms with Crippen LogP contribution in [0, 0.1) is 0 Å². The highest BCUT2D eigenvalue weighted by molar-refractivity contribution is 9.10. The molecule has 0 aliphatic carbocycles. The van der Waals surface area contributed by atoms with Crippen molar-refractivity contribution in [3.8, 4) is 0 Å². The molecule has 19 heavy (non-hydrogen) atoms. The number of aromatic nitrogens is 3. The molecule has 2 heterocycles. The monoisotopic (exact) mass is 345 g/mol. The van der Waals surface area contributed by atoms with Crippen LogP contribution in [-0.2, 0) is 4.74 Å². The summed E-state index contributed by atoms with van der Waals surface area (Å²) in [5.41, 5.74) is 1.69. The molecule has 0 saturated carbocycles. The van der Waals surface area contributed by atoms with Gasteiger partial charge in [0.25, 0.3) is 0 Å². The lowest BCUT2D eigenvalue weighted by molar-refractivity contribution is 0.119. The van der Waals surface area contributed by atoms with Crippen molar-refractivity contribution >= 4 is 38.7 Å². The van der Waals surface area contributed by atoms with Gasteiger partial charge < -0.3 is 9.30 Å². The minimum Gasteiger partial charge on any atom is -0.380 e. The van der Waals surface area contributed by atoms with Crippen LogP contribution in [0.25, 0.3) is 11.2 Å². The van der Waals surface area contributed by atoms with E-state index in [1.165, 1.54) is 0 Å². The Bertz CT molecular complexity index is 570.